The van der Waals surface area contributed by atoms with E-state index in [1.54, 1.807) is 0 Å². The summed E-state index contributed by atoms with van der Waals surface area (Å²) in [4.78, 5) is 0. The molecule has 0 N–H and O–H groups in total. The maximum atomic E-state index is 10.6. The molecule has 0 heterocycles. The highest BCUT2D eigenvalue weighted by molar-refractivity contribution is 4.98. The van der Waals surface area contributed by atoms with Crippen molar-refractivity contribution in [3.63, 3.8) is 0 Å². The Hall–Kier alpha value is -0.680. The molecule has 0 fully saturated rings. The second kappa shape index (κ2) is 4.22. The van der Waals surface area contributed by atoms with Gasteiger partial charge < -0.3 is 10.3 Å². The van der Waals surface area contributed by atoms with Gasteiger partial charge in [-0.15, -0.1) is 0 Å². The van der Waals surface area contributed by atoms with Crippen molar-refractivity contribution in [2.75, 3.05) is 0 Å². The summed E-state index contributed by atoms with van der Waals surface area (Å²) in [6.07, 6.45) is 0.742. The van der Waals surface area contributed by atoms with Crippen LogP contribution in [0.1, 0.15) is 27.2 Å². The molecular weight excluding hydrogens is 114 g/mol. The molecular formula is C7H12NO-. The van der Waals surface area contributed by atoms with Crippen molar-refractivity contribution >= 4 is 0 Å². The maximum absolute atomic E-state index is 10.6. The molecule has 0 amide bonds. The normalized spacial score (nSPS) is 8.56. The lowest BCUT2D eigenvalue weighted by molar-refractivity contribution is 0.441. The molecule has 0 unspecified atom stereocenters. The van der Waals surface area contributed by atoms with E-state index in [-0.39, 0.29) is 6.04 Å². The number of rotatable bonds is 1. The zero-order valence-corrected chi connectivity index (χ0v) is 6.14. The number of hydrogen-bond acceptors (Lipinski definition) is 2. The van der Waals surface area contributed by atoms with Crippen molar-refractivity contribution < 1.29 is 0 Å². The topological polar surface area (TPSA) is 26.3 Å². The average molecular weight is 126 g/mol. The first-order valence-electron chi connectivity index (χ1n) is 3.13. The third-order valence-corrected chi connectivity index (χ3v) is 0.835. The van der Waals surface area contributed by atoms with Crippen LogP contribution >= 0.6 is 0 Å². The third kappa shape index (κ3) is 3.87. The van der Waals surface area contributed by atoms with Gasteiger partial charge >= 0.3 is 0 Å². The van der Waals surface area contributed by atoms with Gasteiger partial charge in [0, 0.05) is 12.5 Å². The highest BCUT2D eigenvalue weighted by Crippen LogP contribution is 1.90. The van der Waals surface area contributed by atoms with E-state index in [0.29, 0.717) is 0 Å². The second-order valence-corrected chi connectivity index (χ2v) is 2.06. The van der Waals surface area contributed by atoms with Crippen molar-refractivity contribution in [3.8, 4) is 12.0 Å². The fraction of sp³-hybridized carbons (Fsp3) is 0.714. The van der Waals surface area contributed by atoms with E-state index in [1.165, 1.54) is 0 Å². The Morgan fingerprint density at radius 2 is 2.11 bits per heavy atom. The van der Waals surface area contributed by atoms with Crippen LogP contribution in [0.4, 0.5) is 0 Å². The third-order valence-electron chi connectivity index (χ3n) is 0.835. The molecule has 0 atom stereocenters. The van der Waals surface area contributed by atoms with Gasteiger partial charge in [-0.3, -0.25) is 0 Å². The van der Waals surface area contributed by atoms with Gasteiger partial charge in [-0.05, 0) is 19.9 Å². The van der Waals surface area contributed by atoms with E-state index < -0.39 is 0 Å². The van der Waals surface area contributed by atoms with Crippen molar-refractivity contribution in [1.82, 2.24) is 5.06 Å². The van der Waals surface area contributed by atoms with Crippen LogP contribution in [-0.2, 0) is 0 Å². The van der Waals surface area contributed by atoms with Gasteiger partial charge in [0.05, 0.1) is 0 Å². The van der Waals surface area contributed by atoms with Crippen LogP contribution in [0.25, 0.3) is 0 Å². The van der Waals surface area contributed by atoms with E-state index in [0.717, 1.165) is 11.5 Å². The molecule has 0 aromatic rings. The van der Waals surface area contributed by atoms with Crippen LogP contribution < -0.4 is 0 Å². The standard InChI is InChI=1S/C7H12NO/c1-4-5-6-8(9)7(2)3/h7H,4H2,1-3H3/q-1. The molecule has 0 spiro atoms. The van der Waals surface area contributed by atoms with Crippen LogP contribution in [0.3, 0.4) is 0 Å². The van der Waals surface area contributed by atoms with Crippen LogP contribution in [0.15, 0.2) is 0 Å². The van der Waals surface area contributed by atoms with E-state index in [4.69, 9.17) is 0 Å². The highest BCUT2D eigenvalue weighted by Gasteiger charge is 1.87. The second-order valence-electron chi connectivity index (χ2n) is 2.06. The Labute approximate surface area is 56.4 Å². The molecule has 0 bridgehead atoms. The lowest BCUT2D eigenvalue weighted by Crippen LogP contribution is -2.18. The van der Waals surface area contributed by atoms with Crippen molar-refractivity contribution in [3.05, 3.63) is 5.21 Å². The first-order chi connectivity index (χ1) is 4.18. The smallest absolute Gasteiger partial charge is 0.0192 e. The Balaban J connectivity index is 3.61. The van der Waals surface area contributed by atoms with Gasteiger partial charge in [0.15, 0.2) is 0 Å². The summed E-state index contributed by atoms with van der Waals surface area (Å²) in [5.41, 5.74) is 0. The predicted molar refractivity (Wildman–Crippen MR) is 38.4 cm³/mol. The first-order valence-corrected chi connectivity index (χ1v) is 3.13. The molecule has 0 rings (SSSR count). The molecule has 52 valence electrons. The Kier molecular flexibility index (Phi) is 3.90. The van der Waals surface area contributed by atoms with Crippen molar-refractivity contribution in [2.45, 2.75) is 33.2 Å². The summed E-state index contributed by atoms with van der Waals surface area (Å²) in [7, 11) is 0. The largest absolute Gasteiger partial charge is 0.751 e. The summed E-state index contributed by atoms with van der Waals surface area (Å²) in [5, 5.41) is 11.4. The summed E-state index contributed by atoms with van der Waals surface area (Å²) < 4.78 is 0. The molecule has 0 aliphatic carbocycles. The monoisotopic (exact) mass is 126 g/mol. The summed E-state index contributed by atoms with van der Waals surface area (Å²) in [6, 6.07) is 2.44. The van der Waals surface area contributed by atoms with Gasteiger partial charge in [0.1, 0.15) is 0 Å². The average Bonchev–Trinajstić information content (AvgIpc) is 1.82. The molecule has 0 aromatic carbocycles. The van der Waals surface area contributed by atoms with E-state index in [1.807, 2.05) is 20.8 Å². The lowest BCUT2D eigenvalue weighted by Gasteiger charge is -2.27. The van der Waals surface area contributed by atoms with Gasteiger partial charge in [0.2, 0.25) is 0 Å². The molecule has 2 nitrogen and oxygen atoms in total. The fourth-order valence-corrected chi connectivity index (χ4v) is 0.286. The summed E-state index contributed by atoms with van der Waals surface area (Å²) >= 11 is 0. The number of nitrogens with zero attached hydrogens (tertiary/aromatic N) is 1. The lowest BCUT2D eigenvalue weighted by atomic mass is 10.4. The van der Waals surface area contributed by atoms with Crippen molar-refractivity contribution in [2.24, 2.45) is 0 Å². The first kappa shape index (κ1) is 8.32. The minimum atomic E-state index is -0.0240. The van der Waals surface area contributed by atoms with Gasteiger partial charge in [0.25, 0.3) is 0 Å². The highest BCUT2D eigenvalue weighted by atomic mass is 16.5. The number of hydrogen-bond donors (Lipinski definition) is 0. The molecule has 9 heavy (non-hydrogen) atoms. The van der Waals surface area contributed by atoms with E-state index in [9.17, 15) is 5.21 Å². The maximum Gasteiger partial charge on any atom is 0.0192 e. The summed E-state index contributed by atoms with van der Waals surface area (Å²) in [6.45, 7) is 5.55. The fourth-order valence-electron chi connectivity index (χ4n) is 0.286. The van der Waals surface area contributed by atoms with Crippen LogP contribution in [-0.4, -0.2) is 11.1 Å². The predicted octanol–water partition coefficient (Wildman–Crippen LogP) is 1.57. The van der Waals surface area contributed by atoms with Gasteiger partial charge in [-0.1, -0.05) is 12.8 Å². The van der Waals surface area contributed by atoms with Crippen molar-refractivity contribution in [1.29, 1.82) is 0 Å². The quantitative estimate of drug-likeness (QED) is 0.303. The molecule has 0 saturated heterocycles. The SMILES string of the molecule is CCC#CN([O-])C(C)C. The minimum Gasteiger partial charge on any atom is -0.751 e. The van der Waals surface area contributed by atoms with E-state index >= 15 is 0 Å². The van der Waals surface area contributed by atoms with Gasteiger partial charge in [-0.2, -0.15) is 0 Å². The minimum absolute atomic E-state index is 0.0240. The van der Waals surface area contributed by atoms with Crippen LogP contribution in [0.5, 0.6) is 0 Å². The molecule has 0 saturated carbocycles. The molecule has 0 aromatic heterocycles. The molecule has 0 aliphatic heterocycles. The van der Waals surface area contributed by atoms with Crippen LogP contribution in [0.2, 0.25) is 0 Å². The Morgan fingerprint density at radius 3 is 2.44 bits per heavy atom. The van der Waals surface area contributed by atoms with E-state index in [2.05, 4.69) is 12.0 Å². The number of hydroxylamine groups is 2. The molecule has 0 aliphatic rings. The van der Waals surface area contributed by atoms with Gasteiger partial charge in [-0.25, -0.2) is 0 Å². The van der Waals surface area contributed by atoms with Crippen LogP contribution in [0, 0.1) is 17.2 Å². The summed E-state index contributed by atoms with van der Waals surface area (Å²) in [5.74, 6) is 2.69. The Bertz CT molecular complexity index is 121. The zero-order valence-electron chi connectivity index (χ0n) is 6.14. The molecule has 2 heteroatoms. The Morgan fingerprint density at radius 1 is 1.56 bits per heavy atom. The zero-order chi connectivity index (χ0) is 7.28. The molecule has 0 radical (unpaired) electrons.